The molecule has 1 aromatic rings. The second-order valence-electron chi connectivity index (χ2n) is 7.98. The van der Waals surface area contributed by atoms with E-state index in [1.165, 1.54) is 0 Å². The lowest BCUT2D eigenvalue weighted by Crippen LogP contribution is -2.56. The molecule has 3 N–H and O–H groups in total. The van der Waals surface area contributed by atoms with Gasteiger partial charge in [0.25, 0.3) is 0 Å². The van der Waals surface area contributed by atoms with Gasteiger partial charge in [-0.3, -0.25) is 14.6 Å². The van der Waals surface area contributed by atoms with Crippen molar-refractivity contribution in [3.8, 4) is 0 Å². The van der Waals surface area contributed by atoms with E-state index in [1.54, 1.807) is 18.0 Å². The molecule has 7 nitrogen and oxygen atoms in total. The fourth-order valence-corrected chi connectivity index (χ4v) is 4.13. The van der Waals surface area contributed by atoms with Crippen LogP contribution >= 0.6 is 0 Å². The van der Waals surface area contributed by atoms with Crippen LogP contribution in [0.2, 0.25) is 0 Å². The number of aromatic nitrogens is 1. The van der Waals surface area contributed by atoms with E-state index >= 15 is 0 Å². The lowest BCUT2D eigenvalue weighted by Gasteiger charge is -2.47. The van der Waals surface area contributed by atoms with Crippen LogP contribution < -0.4 is 5.73 Å². The summed E-state index contributed by atoms with van der Waals surface area (Å²) >= 11 is 0. The summed E-state index contributed by atoms with van der Waals surface area (Å²) in [6.07, 6.45) is 4.90. The Balaban J connectivity index is 1.56. The number of pyridine rings is 1. The van der Waals surface area contributed by atoms with Gasteiger partial charge in [0.15, 0.2) is 0 Å². The number of aliphatic hydroxyl groups is 1. The highest BCUT2D eigenvalue weighted by Crippen LogP contribution is 2.40. The smallest absolute Gasteiger partial charge is 0.242 e. The van der Waals surface area contributed by atoms with Crippen molar-refractivity contribution < 1.29 is 14.7 Å². The van der Waals surface area contributed by atoms with Gasteiger partial charge in [0.2, 0.25) is 11.8 Å². The summed E-state index contributed by atoms with van der Waals surface area (Å²) < 4.78 is 0. The molecule has 2 fully saturated rings. The van der Waals surface area contributed by atoms with E-state index in [2.05, 4.69) is 4.98 Å². The summed E-state index contributed by atoms with van der Waals surface area (Å²) in [6.45, 7) is 4.26. The van der Waals surface area contributed by atoms with E-state index in [4.69, 9.17) is 5.73 Å². The molecule has 2 atom stereocenters. The van der Waals surface area contributed by atoms with Crippen LogP contribution in [0.1, 0.15) is 38.3 Å². The van der Waals surface area contributed by atoms with Gasteiger partial charge >= 0.3 is 0 Å². The van der Waals surface area contributed by atoms with Crippen molar-refractivity contribution in [2.24, 2.45) is 11.1 Å². The summed E-state index contributed by atoms with van der Waals surface area (Å²) in [5, 5.41) is 9.56. The first-order valence-electron chi connectivity index (χ1n) is 9.80. The molecule has 0 radical (unpaired) electrons. The molecule has 0 bridgehead atoms. The van der Waals surface area contributed by atoms with Gasteiger partial charge in [-0.15, -0.1) is 0 Å². The Morgan fingerprint density at radius 1 is 1.33 bits per heavy atom. The third kappa shape index (κ3) is 4.65. The Labute approximate surface area is 160 Å². The number of aliphatic hydroxyl groups excluding tert-OH is 1. The first kappa shape index (κ1) is 19.8. The van der Waals surface area contributed by atoms with E-state index < -0.39 is 12.1 Å². The van der Waals surface area contributed by atoms with Crippen LogP contribution in [-0.2, 0) is 16.0 Å². The summed E-state index contributed by atoms with van der Waals surface area (Å²) in [7, 11) is 0. The highest BCUT2D eigenvalue weighted by atomic mass is 16.3. The molecule has 0 aliphatic carbocycles. The number of hydrogen-bond acceptors (Lipinski definition) is 5. The zero-order valence-corrected chi connectivity index (χ0v) is 16.0. The van der Waals surface area contributed by atoms with Crippen molar-refractivity contribution in [1.82, 2.24) is 14.8 Å². The predicted molar refractivity (Wildman–Crippen MR) is 102 cm³/mol. The van der Waals surface area contributed by atoms with Crippen molar-refractivity contribution in [3.63, 3.8) is 0 Å². The summed E-state index contributed by atoms with van der Waals surface area (Å²) in [5.74, 6) is 0.0323. The Morgan fingerprint density at radius 3 is 2.70 bits per heavy atom. The van der Waals surface area contributed by atoms with Crippen molar-refractivity contribution in [2.75, 3.05) is 26.2 Å². The second-order valence-corrected chi connectivity index (χ2v) is 7.98. The summed E-state index contributed by atoms with van der Waals surface area (Å²) in [6, 6.07) is 4.98. The number of carbonyl (C=O) groups is 2. The maximum absolute atomic E-state index is 12.4. The van der Waals surface area contributed by atoms with E-state index in [0.717, 1.165) is 37.9 Å². The van der Waals surface area contributed by atoms with Crippen molar-refractivity contribution in [2.45, 2.75) is 51.2 Å². The molecule has 2 saturated heterocycles. The lowest BCUT2D eigenvalue weighted by atomic mass is 9.72. The van der Waals surface area contributed by atoms with Crippen LogP contribution in [0.3, 0.4) is 0 Å². The van der Waals surface area contributed by atoms with Gasteiger partial charge in [0.05, 0.1) is 6.10 Å². The largest absolute Gasteiger partial charge is 0.391 e. The van der Waals surface area contributed by atoms with Gasteiger partial charge in [-0.05, 0) is 43.7 Å². The third-order valence-electron chi connectivity index (χ3n) is 6.05. The normalized spacial score (nSPS) is 22.0. The third-order valence-corrected chi connectivity index (χ3v) is 6.05. The molecule has 2 amide bonds. The highest BCUT2D eigenvalue weighted by Gasteiger charge is 2.42. The Hall–Kier alpha value is -1.99. The first-order valence-corrected chi connectivity index (χ1v) is 9.80. The second kappa shape index (κ2) is 8.35. The number of carbonyl (C=O) groups excluding carboxylic acids is 2. The van der Waals surface area contributed by atoms with Crippen LogP contribution in [0.15, 0.2) is 24.4 Å². The van der Waals surface area contributed by atoms with Gasteiger partial charge in [0.1, 0.15) is 6.04 Å². The van der Waals surface area contributed by atoms with Gasteiger partial charge < -0.3 is 20.6 Å². The maximum atomic E-state index is 12.4. The van der Waals surface area contributed by atoms with Gasteiger partial charge in [-0.1, -0.05) is 6.07 Å². The van der Waals surface area contributed by atoms with Crippen molar-refractivity contribution in [1.29, 1.82) is 0 Å². The van der Waals surface area contributed by atoms with Crippen LogP contribution in [-0.4, -0.2) is 70.0 Å². The molecule has 27 heavy (non-hydrogen) atoms. The number of nitrogens with zero attached hydrogens (tertiary/aromatic N) is 3. The minimum Gasteiger partial charge on any atom is -0.391 e. The fourth-order valence-electron chi connectivity index (χ4n) is 4.13. The van der Waals surface area contributed by atoms with Crippen LogP contribution in [0.4, 0.5) is 0 Å². The summed E-state index contributed by atoms with van der Waals surface area (Å²) in [4.78, 5) is 32.8. The summed E-state index contributed by atoms with van der Waals surface area (Å²) in [5.41, 5.74) is 6.88. The standard InChI is InChI=1S/C20H30N4O3/c1-15(25)18(21)19(27)23-12-8-20(9-13-23)7-5-17(26)24(14-20)11-6-16-4-2-3-10-22-16/h2-4,10,15,18,25H,5-9,11-14,21H2,1H3. The molecular formula is C20H30N4O3. The van der Waals surface area contributed by atoms with Crippen molar-refractivity contribution in [3.05, 3.63) is 30.1 Å². The number of rotatable bonds is 5. The zero-order chi connectivity index (χ0) is 19.4. The van der Waals surface area contributed by atoms with Crippen LogP contribution in [0.25, 0.3) is 0 Å². The van der Waals surface area contributed by atoms with Gasteiger partial charge in [-0.2, -0.15) is 0 Å². The quantitative estimate of drug-likeness (QED) is 0.785. The molecule has 1 spiro atoms. The van der Waals surface area contributed by atoms with Gasteiger partial charge in [0, 0.05) is 50.9 Å². The average Bonchev–Trinajstić information content (AvgIpc) is 2.69. The highest BCUT2D eigenvalue weighted by molar-refractivity contribution is 5.82. The van der Waals surface area contributed by atoms with Crippen LogP contribution in [0.5, 0.6) is 0 Å². The number of likely N-dealkylation sites (tertiary alicyclic amines) is 2. The minimum absolute atomic E-state index is 0.0870. The van der Waals surface area contributed by atoms with Crippen molar-refractivity contribution >= 4 is 11.8 Å². The predicted octanol–water partition coefficient (Wildman–Crippen LogP) is 0.563. The number of piperidine rings is 2. The minimum atomic E-state index is -0.859. The topological polar surface area (TPSA) is 99.8 Å². The molecule has 2 aliphatic heterocycles. The lowest BCUT2D eigenvalue weighted by molar-refractivity contribution is -0.143. The maximum Gasteiger partial charge on any atom is 0.242 e. The molecule has 148 valence electrons. The first-order chi connectivity index (χ1) is 12.9. The van der Waals surface area contributed by atoms with E-state index in [1.807, 2.05) is 23.1 Å². The Morgan fingerprint density at radius 2 is 2.07 bits per heavy atom. The monoisotopic (exact) mass is 374 g/mol. The molecule has 2 unspecified atom stereocenters. The van der Waals surface area contributed by atoms with Gasteiger partial charge in [-0.25, -0.2) is 0 Å². The Bertz CT molecular complexity index is 656. The Kier molecular flexibility index (Phi) is 6.11. The molecule has 3 heterocycles. The molecule has 0 aromatic carbocycles. The number of hydrogen-bond donors (Lipinski definition) is 2. The average molecular weight is 374 g/mol. The molecule has 7 heteroatoms. The molecular weight excluding hydrogens is 344 g/mol. The molecule has 2 aliphatic rings. The number of amides is 2. The molecule has 0 saturated carbocycles. The molecule has 3 rings (SSSR count). The zero-order valence-electron chi connectivity index (χ0n) is 16.0. The van der Waals surface area contributed by atoms with E-state index in [9.17, 15) is 14.7 Å². The molecule has 1 aromatic heterocycles. The fraction of sp³-hybridized carbons (Fsp3) is 0.650. The van der Waals surface area contributed by atoms with E-state index in [0.29, 0.717) is 26.1 Å². The van der Waals surface area contributed by atoms with E-state index in [-0.39, 0.29) is 17.2 Å². The number of nitrogens with two attached hydrogens (primary N) is 1. The SMILES string of the molecule is CC(O)C(N)C(=O)N1CCC2(CCC(=O)N(CCc3ccccn3)C2)CC1. The van der Waals surface area contributed by atoms with Crippen LogP contribution in [0, 0.1) is 5.41 Å².